The second kappa shape index (κ2) is 8.38. The summed E-state index contributed by atoms with van der Waals surface area (Å²) in [5.41, 5.74) is 3.89. The molecule has 1 aliphatic rings. The lowest BCUT2D eigenvalue weighted by atomic mass is 9.89. The van der Waals surface area contributed by atoms with Crippen molar-refractivity contribution >= 4 is 16.7 Å². The van der Waals surface area contributed by atoms with Crippen LogP contribution in [0, 0.1) is 5.92 Å². The van der Waals surface area contributed by atoms with Gasteiger partial charge in [-0.2, -0.15) is 0 Å². The number of carboxylic acids is 1. The van der Waals surface area contributed by atoms with Crippen LogP contribution >= 0.6 is 0 Å². The van der Waals surface area contributed by atoms with Crippen LogP contribution in [0.5, 0.6) is 0 Å². The number of piperidine rings is 1. The van der Waals surface area contributed by atoms with Crippen LogP contribution < -0.4 is 0 Å². The minimum atomic E-state index is -0.659. The number of hydrogen-bond acceptors (Lipinski definition) is 2. The van der Waals surface area contributed by atoms with Gasteiger partial charge in [0.15, 0.2) is 0 Å². The zero-order chi connectivity index (χ0) is 20.4. The Morgan fingerprint density at radius 2 is 1.45 bits per heavy atom. The highest BCUT2D eigenvalue weighted by molar-refractivity contribution is 5.83. The van der Waals surface area contributed by atoms with E-state index in [1.165, 1.54) is 27.5 Å². The van der Waals surface area contributed by atoms with E-state index in [9.17, 15) is 9.90 Å². The molecule has 1 fully saturated rings. The first-order chi connectivity index (χ1) is 14.0. The predicted octanol–water partition coefficient (Wildman–Crippen LogP) is 5.85. The second-order valence-electron chi connectivity index (χ2n) is 8.48. The Hall–Kier alpha value is -2.65. The molecule has 1 unspecified atom stereocenters. The molecule has 1 heterocycles. The van der Waals surface area contributed by atoms with E-state index >= 15 is 0 Å². The number of likely N-dealkylation sites (tertiary alicyclic amines) is 1. The zero-order valence-electron chi connectivity index (χ0n) is 17.2. The van der Waals surface area contributed by atoms with E-state index in [1.807, 2.05) is 0 Å². The van der Waals surface area contributed by atoms with Gasteiger partial charge >= 0.3 is 5.97 Å². The number of carboxylic acid groups (broad SMARTS) is 1. The van der Waals surface area contributed by atoms with Gasteiger partial charge in [0.25, 0.3) is 0 Å². The molecule has 3 aromatic carbocycles. The van der Waals surface area contributed by atoms with Crippen molar-refractivity contribution in [2.75, 3.05) is 13.1 Å². The topological polar surface area (TPSA) is 40.5 Å². The summed E-state index contributed by atoms with van der Waals surface area (Å²) in [6, 6.07) is 24.3. The third kappa shape index (κ3) is 4.20. The molecule has 4 rings (SSSR count). The number of fused-ring (bicyclic) bond motifs is 1. The van der Waals surface area contributed by atoms with Gasteiger partial charge in [0.1, 0.15) is 0 Å². The number of hydrogen-bond donors (Lipinski definition) is 1. The first-order valence-corrected chi connectivity index (χ1v) is 10.6. The van der Waals surface area contributed by atoms with Gasteiger partial charge in [0.2, 0.25) is 0 Å². The maximum Gasteiger partial charge on any atom is 0.306 e. The molecule has 3 aromatic rings. The molecule has 3 heteroatoms. The van der Waals surface area contributed by atoms with Crippen molar-refractivity contribution in [1.82, 2.24) is 4.90 Å². The summed E-state index contributed by atoms with van der Waals surface area (Å²) in [7, 11) is 0. The van der Waals surface area contributed by atoms with Crippen LogP contribution in [-0.4, -0.2) is 29.1 Å². The van der Waals surface area contributed by atoms with Crippen molar-refractivity contribution in [2.24, 2.45) is 5.92 Å². The third-order valence-electron chi connectivity index (χ3n) is 6.25. The summed E-state index contributed by atoms with van der Waals surface area (Å²) in [4.78, 5) is 13.9. The number of carbonyl (C=O) groups is 1. The molecule has 1 atom stereocenters. The highest BCUT2D eigenvalue weighted by atomic mass is 16.4. The Labute approximate surface area is 173 Å². The van der Waals surface area contributed by atoms with Gasteiger partial charge in [-0.05, 0) is 65.4 Å². The molecule has 1 N–H and O–H groups in total. The molecule has 0 radical (unpaired) electrons. The lowest BCUT2D eigenvalue weighted by molar-refractivity contribution is -0.143. The maximum atomic E-state index is 11.4. The van der Waals surface area contributed by atoms with E-state index in [1.54, 1.807) is 0 Å². The minimum absolute atomic E-state index is 0.149. The largest absolute Gasteiger partial charge is 0.481 e. The van der Waals surface area contributed by atoms with Crippen molar-refractivity contribution in [2.45, 2.75) is 38.6 Å². The lowest BCUT2D eigenvalue weighted by Gasteiger charge is -2.37. The van der Waals surface area contributed by atoms with Crippen LogP contribution in [-0.2, 0) is 4.79 Å². The van der Waals surface area contributed by atoms with Gasteiger partial charge in [0.05, 0.1) is 12.0 Å². The van der Waals surface area contributed by atoms with Crippen LogP contribution in [0.25, 0.3) is 10.8 Å². The smallest absolute Gasteiger partial charge is 0.306 e. The number of nitrogens with zero attached hydrogens (tertiary/aromatic N) is 1. The van der Waals surface area contributed by atoms with Crippen molar-refractivity contribution in [3.63, 3.8) is 0 Å². The summed E-state index contributed by atoms with van der Waals surface area (Å²) in [6.45, 7) is 6.04. The van der Waals surface area contributed by atoms with Crippen LogP contribution in [0.1, 0.15) is 55.3 Å². The van der Waals surface area contributed by atoms with Crippen LogP contribution in [0.15, 0.2) is 66.7 Å². The monoisotopic (exact) mass is 387 g/mol. The highest BCUT2D eigenvalue weighted by Gasteiger charge is 2.30. The molecule has 29 heavy (non-hydrogen) atoms. The highest BCUT2D eigenvalue weighted by Crippen LogP contribution is 2.34. The fourth-order valence-corrected chi connectivity index (χ4v) is 4.46. The van der Waals surface area contributed by atoms with Crippen molar-refractivity contribution in [3.05, 3.63) is 83.4 Å². The summed E-state index contributed by atoms with van der Waals surface area (Å²) in [6.07, 6.45) is 1.42. The lowest BCUT2D eigenvalue weighted by Crippen LogP contribution is -2.39. The van der Waals surface area contributed by atoms with E-state index in [-0.39, 0.29) is 12.0 Å². The third-order valence-corrected chi connectivity index (χ3v) is 6.25. The normalized spacial score (nSPS) is 16.9. The number of rotatable bonds is 5. The Balaban J connectivity index is 1.71. The van der Waals surface area contributed by atoms with Crippen LogP contribution in [0.2, 0.25) is 0 Å². The standard InChI is InChI=1S/C26H29NO2/c1-18(2)19-7-10-21(11-8-19)25(27-15-13-22(14-16-27)26(28)29)24-12-9-20-5-3-4-6-23(20)17-24/h3-12,17-18,22,25H,13-16H2,1-2H3,(H,28,29). The van der Waals surface area contributed by atoms with Crippen molar-refractivity contribution in [1.29, 1.82) is 0 Å². The number of aliphatic carboxylic acids is 1. The molecule has 1 aliphatic heterocycles. The molecule has 0 saturated carbocycles. The van der Waals surface area contributed by atoms with Gasteiger partial charge < -0.3 is 5.11 Å². The van der Waals surface area contributed by atoms with E-state index in [0.29, 0.717) is 18.8 Å². The number of benzene rings is 3. The fourth-order valence-electron chi connectivity index (χ4n) is 4.46. The van der Waals surface area contributed by atoms with Gasteiger partial charge in [-0.3, -0.25) is 9.69 Å². The molecular weight excluding hydrogens is 358 g/mol. The second-order valence-corrected chi connectivity index (χ2v) is 8.48. The van der Waals surface area contributed by atoms with Crippen LogP contribution in [0.3, 0.4) is 0 Å². The fraction of sp³-hybridized carbons (Fsp3) is 0.346. The Bertz CT molecular complexity index is 985. The van der Waals surface area contributed by atoms with Gasteiger partial charge in [0, 0.05) is 0 Å². The average molecular weight is 388 g/mol. The molecule has 1 saturated heterocycles. The average Bonchev–Trinajstić information content (AvgIpc) is 2.74. The van der Waals surface area contributed by atoms with E-state index in [2.05, 4.69) is 85.5 Å². The predicted molar refractivity (Wildman–Crippen MR) is 118 cm³/mol. The van der Waals surface area contributed by atoms with Crippen molar-refractivity contribution < 1.29 is 9.90 Å². The quantitative estimate of drug-likeness (QED) is 0.597. The van der Waals surface area contributed by atoms with E-state index < -0.39 is 5.97 Å². The summed E-state index contributed by atoms with van der Waals surface area (Å²) in [5.74, 6) is -0.366. The molecule has 0 bridgehead atoms. The van der Waals surface area contributed by atoms with Gasteiger partial charge in [-0.15, -0.1) is 0 Å². The molecule has 0 aromatic heterocycles. The first kappa shape index (κ1) is 19.7. The van der Waals surface area contributed by atoms with Gasteiger partial charge in [-0.25, -0.2) is 0 Å². The molecule has 3 nitrogen and oxygen atoms in total. The molecule has 0 amide bonds. The summed E-state index contributed by atoms with van der Waals surface area (Å²) < 4.78 is 0. The SMILES string of the molecule is CC(C)c1ccc(C(c2ccc3ccccc3c2)N2CCC(C(=O)O)CC2)cc1. The first-order valence-electron chi connectivity index (χ1n) is 10.6. The van der Waals surface area contributed by atoms with E-state index in [0.717, 1.165) is 13.1 Å². The Kier molecular flexibility index (Phi) is 5.68. The summed E-state index contributed by atoms with van der Waals surface area (Å²) in [5, 5.41) is 11.9. The zero-order valence-corrected chi connectivity index (χ0v) is 17.2. The Morgan fingerprint density at radius 3 is 2.07 bits per heavy atom. The molecule has 0 spiro atoms. The molecular formula is C26H29NO2. The van der Waals surface area contributed by atoms with E-state index in [4.69, 9.17) is 0 Å². The Morgan fingerprint density at radius 1 is 0.862 bits per heavy atom. The minimum Gasteiger partial charge on any atom is -0.481 e. The maximum absolute atomic E-state index is 11.4. The summed E-state index contributed by atoms with van der Waals surface area (Å²) >= 11 is 0. The molecule has 0 aliphatic carbocycles. The van der Waals surface area contributed by atoms with Gasteiger partial charge in [-0.1, -0.05) is 74.5 Å². The van der Waals surface area contributed by atoms with Crippen LogP contribution in [0.4, 0.5) is 0 Å². The molecule has 150 valence electrons. The van der Waals surface area contributed by atoms with Crippen molar-refractivity contribution in [3.8, 4) is 0 Å².